The van der Waals surface area contributed by atoms with Gasteiger partial charge < -0.3 is 4.89 Å². The van der Waals surface area contributed by atoms with Crippen LogP contribution < -0.4 is 4.89 Å². The lowest BCUT2D eigenvalue weighted by molar-refractivity contribution is -0.169. The summed E-state index contributed by atoms with van der Waals surface area (Å²) in [4.78, 5) is 10.6. The van der Waals surface area contributed by atoms with Crippen LogP contribution in [0.15, 0.2) is 0 Å². The van der Waals surface area contributed by atoms with Gasteiger partial charge in [-0.3, -0.25) is 0 Å². The monoisotopic (exact) mass is 162 g/mol. The molecule has 0 aliphatic rings. The third-order valence-electron chi connectivity index (χ3n) is 1.40. The van der Waals surface area contributed by atoms with E-state index in [1.54, 1.807) is 13.8 Å². The maximum absolute atomic E-state index is 10.6. The van der Waals surface area contributed by atoms with E-state index in [0.29, 0.717) is 5.92 Å². The van der Waals surface area contributed by atoms with Gasteiger partial charge in [-0.25, -0.2) is 0 Å². The fraction of sp³-hybridized carbons (Fsp3) is 1.00. The van der Waals surface area contributed by atoms with Crippen molar-refractivity contribution in [1.82, 2.24) is 0 Å². The normalized spacial score (nSPS) is 14.0. The molecule has 0 aliphatic carbocycles. The Morgan fingerprint density at radius 1 is 1.50 bits per heavy atom. The van der Waals surface area contributed by atoms with Crippen molar-refractivity contribution in [2.45, 2.75) is 39.3 Å². The SMILES string of the molecule is CC(C)CC(C)(C)[P+](=O)[O-]. The summed E-state index contributed by atoms with van der Waals surface area (Å²) >= 11 is 0. The molecule has 60 valence electrons. The maximum atomic E-state index is 10.6. The summed E-state index contributed by atoms with van der Waals surface area (Å²) in [5.74, 6) is 0.447. The number of hydrogen-bond acceptors (Lipinski definition) is 2. The Kier molecular flexibility index (Phi) is 3.47. The molecule has 0 bridgehead atoms. The molecule has 1 atom stereocenters. The molecule has 0 aromatic carbocycles. The van der Waals surface area contributed by atoms with Gasteiger partial charge in [0.1, 0.15) is 0 Å². The third-order valence-corrected chi connectivity index (χ3v) is 2.57. The zero-order valence-corrected chi connectivity index (χ0v) is 7.94. The van der Waals surface area contributed by atoms with Gasteiger partial charge in [-0.1, -0.05) is 18.4 Å². The van der Waals surface area contributed by atoms with Crippen LogP contribution in [-0.2, 0) is 4.57 Å². The third kappa shape index (κ3) is 3.28. The van der Waals surface area contributed by atoms with E-state index in [-0.39, 0.29) is 0 Å². The van der Waals surface area contributed by atoms with Crippen molar-refractivity contribution in [3.8, 4) is 0 Å². The predicted octanol–water partition coefficient (Wildman–Crippen LogP) is 1.91. The second kappa shape index (κ2) is 3.45. The summed E-state index contributed by atoms with van der Waals surface area (Å²) in [5.41, 5.74) is 0. The highest BCUT2D eigenvalue weighted by Crippen LogP contribution is 2.36. The van der Waals surface area contributed by atoms with E-state index >= 15 is 0 Å². The quantitative estimate of drug-likeness (QED) is 0.595. The molecule has 0 rings (SSSR count). The summed E-state index contributed by atoms with van der Waals surface area (Å²) in [5, 5.41) is -0.524. The van der Waals surface area contributed by atoms with E-state index in [1.165, 1.54) is 0 Å². The average molecular weight is 162 g/mol. The predicted molar refractivity (Wildman–Crippen MR) is 41.1 cm³/mol. The van der Waals surface area contributed by atoms with Crippen molar-refractivity contribution < 1.29 is 9.46 Å². The Labute approximate surface area is 63.5 Å². The average Bonchev–Trinajstić information content (AvgIpc) is 1.60. The number of rotatable bonds is 3. The highest BCUT2D eigenvalue weighted by Gasteiger charge is 2.32. The zero-order chi connectivity index (χ0) is 8.36. The molecule has 0 N–H and O–H groups in total. The highest BCUT2D eigenvalue weighted by molar-refractivity contribution is 7.38. The highest BCUT2D eigenvalue weighted by atomic mass is 31.1. The summed E-state index contributed by atoms with van der Waals surface area (Å²) in [7, 11) is -2.28. The second-order valence-corrected chi connectivity index (χ2v) is 5.39. The van der Waals surface area contributed by atoms with Crippen molar-refractivity contribution in [2.24, 2.45) is 5.92 Å². The molecule has 3 heteroatoms. The first-order chi connectivity index (χ1) is 4.36. The van der Waals surface area contributed by atoms with Crippen LogP contribution in [0.3, 0.4) is 0 Å². The molecular formula is C7H15O2P. The molecule has 2 nitrogen and oxygen atoms in total. The van der Waals surface area contributed by atoms with E-state index in [0.717, 1.165) is 6.42 Å². The van der Waals surface area contributed by atoms with Crippen molar-refractivity contribution in [3.05, 3.63) is 0 Å². The van der Waals surface area contributed by atoms with Crippen LogP contribution in [0.25, 0.3) is 0 Å². The zero-order valence-electron chi connectivity index (χ0n) is 7.05. The molecular weight excluding hydrogens is 147 g/mol. The Morgan fingerprint density at radius 2 is 1.90 bits per heavy atom. The lowest BCUT2D eigenvalue weighted by Crippen LogP contribution is -2.21. The van der Waals surface area contributed by atoms with Crippen molar-refractivity contribution in [2.75, 3.05) is 0 Å². The van der Waals surface area contributed by atoms with Crippen LogP contribution in [-0.4, -0.2) is 5.16 Å². The van der Waals surface area contributed by atoms with Crippen LogP contribution in [0.2, 0.25) is 0 Å². The Hall–Kier alpha value is 0.0600. The summed E-state index contributed by atoms with van der Waals surface area (Å²) in [6.07, 6.45) is 0.742. The topological polar surface area (TPSA) is 40.1 Å². The lowest BCUT2D eigenvalue weighted by Gasteiger charge is -2.16. The van der Waals surface area contributed by atoms with Crippen LogP contribution in [0, 0.1) is 5.92 Å². The van der Waals surface area contributed by atoms with Gasteiger partial charge in [-0.15, -0.1) is 0 Å². The van der Waals surface area contributed by atoms with Crippen molar-refractivity contribution in [3.63, 3.8) is 0 Å². The molecule has 1 unspecified atom stereocenters. The Bertz CT molecular complexity index is 130. The molecule has 0 saturated carbocycles. The van der Waals surface area contributed by atoms with Gasteiger partial charge in [0.25, 0.3) is 0 Å². The van der Waals surface area contributed by atoms with Gasteiger partial charge in [0.05, 0.1) is 0 Å². The largest absolute Gasteiger partial charge is 0.595 e. The van der Waals surface area contributed by atoms with Crippen molar-refractivity contribution in [1.29, 1.82) is 0 Å². The molecule has 0 spiro atoms. The maximum Gasteiger partial charge on any atom is 0.314 e. The first-order valence-electron chi connectivity index (χ1n) is 3.51. The fourth-order valence-electron chi connectivity index (χ4n) is 1.07. The van der Waals surface area contributed by atoms with E-state index in [1.807, 2.05) is 13.8 Å². The lowest BCUT2D eigenvalue weighted by atomic mass is 10.00. The van der Waals surface area contributed by atoms with Gasteiger partial charge in [0.2, 0.25) is 0 Å². The van der Waals surface area contributed by atoms with Gasteiger partial charge in [0, 0.05) is 0 Å². The van der Waals surface area contributed by atoms with Gasteiger partial charge in [-0.05, 0) is 26.2 Å². The number of hydrogen-bond donors (Lipinski definition) is 0. The first-order valence-corrected chi connectivity index (χ1v) is 4.68. The van der Waals surface area contributed by atoms with E-state index < -0.39 is 13.2 Å². The standard InChI is InChI=1S/C7H15O2P/c1-6(2)5-7(3,4)10(8)9/h6H,5H2,1-4H3. The van der Waals surface area contributed by atoms with Crippen LogP contribution in [0.4, 0.5) is 0 Å². The van der Waals surface area contributed by atoms with E-state index in [9.17, 15) is 9.46 Å². The smallest absolute Gasteiger partial charge is 0.314 e. The summed E-state index contributed by atoms with van der Waals surface area (Å²) < 4.78 is 10.6. The van der Waals surface area contributed by atoms with Crippen LogP contribution in [0.1, 0.15) is 34.1 Å². The van der Waals surface area contributed by atoms with E-state index in [2.05, 4.69) is 0 Å². The summed E-state index contributed by atoms with van der Waals surface area (Å²) in [6, 6.07) is 0. The molecule has 0 aliphatic heterocycles. The summed E-state index contributed by atoms with van der Waals surface area (Å²) in [6.45, 7) is 7.58. The molecule has 0 amide bonds. The molecule has 0 aromatic rings. The minimum absolute atomic E-state index is 0.447. The van der Waals surface area contributed by atoms with E-state index in [4.69, 9.17) is 0 Å². The molecule has 0 heterocycles. The molecule has 10 heavy (non-hydrogen) atoms. The second-order valence-electron chi connectivity index (χ2n) is 3.67. The first kappa shape index (κ1) is 10.1. The molecule has 0 radical (unpaired) electrons. The van der Waals surface area contributed by atoms with Gasteiger partial charge in [-0.2, -0.15) is 0 Å². The minimum atomic E-state index is -2.28. The minimum Gasteiger partial charge on any atom is -0.595 e. The van der Waals surface area contributed by atoms with Crippen LogP contribution in [0.5, 0.6) is 0 Å². The Balaban J connectivity index is 4.00. The van der Waals surface area contributed by atoms with Gasteiger partial charge >= 0.3 is 8.03 Å². The fourth-order valence-corrected chi connectivity index (χ4v) is 1.59. The molecule has 0 aromatic heterocycles. The van der Waals surface area contributed by atoms with Crippen molar-refractivity contribution >= 4 is 8.03 Å². The molecule has 0 fully saturated rings. The Morgan fingerprint density at radius 3 is 2.00 bits per heavy atom. The van der Waals surface area contributed by atoms with Gasteiger partial charge in [0.15, 0.2) is 5.16 Å². The van der Waals surface area contributed by atoms with Crippen LogP contribution >= 0.6 is 8.03 Å². The molecule has 0 saturated heterocycles.